The lowest BCUT2D eigenvalue weighted by Crippen LogP contribution is -2.52. The van der Waals surface area contributed by atoms with E-state index in [9.17, 15) is 10.2 Å². The lowest BCUT2D eigenvalue weighted by molar-refractivity contribution is -0.150. The Morgan fingerprint density at radius 2 is 1.71 bits per heavy atom. The van der Waals surface area contributed by atoms with Gasteiger partial charge in [0.1, 0.15) is 5.75 Å². The van der Waals surface area contributed by atoms with Gasteiger partial charge in [-0.1, -0.05) is 54.6 Å². The van der Waals surface area contributed by atoms with Gasteiger partial charge in [0.25, 0.3) is 0 Å². The number of aliphatic hydroxyl groups excluding tert-OH is 1. The summed E-state index contributed by atoms with van der Waals surface area (Å²) in [5.74, 6) is 0.923. The number of hydrogen-bond acceptors (Lipinski definition) is 7. The minimum absolute atomic E-state index is 0.176. The van der Waals surface area contributed by atoms with E-state index in [1.165, 1.54) is 19.8 Å². The molecule has 7 heteroatoms. The summed E-state index contributed by atoms with van der Waals surface area (Å²) in [4.78, 5) is 4.39. The van der Waals surface area contributed by atoms with Gasteiger partial charge in [0.15, 0.2) is 11.2 Å². The van der Waals surface area contributed by atoms with Gasteiger partial charge in [0, 0.05) is 17.9 Å². The van der Waals surface area contributed by atoms with Gasteiger partial charge in [-0.2, -0.15) is 4.98 Å². The van der Waals surface area contributed by atoms with Crippen LogP contribution in [0.3, 0.4) is 0 Å². The molecule has 0 spiro atoms. The largest absolute Gasteiger partial charge is 0.481 e. The molecule has 0 amide bonds. The predicted molar refractivity (Wildman–Crippen MR) is 123 cm³/mol. The van der Waals surface area contributed by atoms with Crippen molar-refractivity contribution in [2.24, 2.45) is 0 Å². The first-order chi connectivity index (χ1) is 16.5. The molecule has 3 aromatic rings. The first-order valence-corrected chi connectivity index (χ1v) is 11.5. The Balaban J connectivity index is 1.58. The van der Waals surface area contributed by atoms with Crippen molar-refractivity contribution < 1.29 is 29.2 Å². The van der Waals surface area contributed by atoms with E-state index in [1.54, 1.807) is 6.07 Å². The molecule has 2 fully saturated rings. The van der Waals surface area contributed by atoms with Crippen molar-refractivity contribution in [3.05, 3.63) is 82.9 Å². The monoisotopic (exact) mass is 461 g/mol. The SMILES string of the molecule is COc1cc2c(c(OC)n1)C1(O)C(O)CC(c3ccccc3)C1(c1ccc(C3COC3)cc1)O2. The van der Waals surface area contributed by atoms with E-state index in [2.05, 4.69) is 17.1 Å². The summed E-state index contributed by atoms with van der Waals surface area (Å²) in [5.41, 5.74) is 0.210. The summed E-state index contributed by atoms with van der Waals surface area (Å²) in [6, 6.07) is 19.6. The fourth-order valence-corrected chi connectivity index (χ4v) is 5.88. The quantitative estimate of drug-likeness (QED) is 0.603. The molecule has 34 heavy (non-hydrogen) atoms. The van der Waals surface area contributed by atoms with Crippen molar-refractivity contribution in [1.82, 2.24) is 4.98 Å². The van der Waals surface area contributed by atoms with Crippen molar-refractivity contribution in [3.8, 4) is 17.5 Å². The smallest absolute Gasteiger partial charge is 0.226 e. The van der Waals surface area contributed by atoms with Crippen LogP contribution in [-0.2, 0) is 15.9 Å². The molecule has 4 atom stereocenters. The third kappa shape index (κ3) is 2.72. The van der Waals surface area contributed by atoms with Crippen LogP contribution in [0.15, 0.2) is 60.7 Å². The molecule has 1 aromatic heterocycles. The number of nitrogens with zero attached hydrogens (tertiary/aromatic N) is 1. The van der Waals surface area contributed by atoms with E-state index >= 15 is 0 Å². The second-order valence-corrected chi connectivity index (χ2v) is 9.22. The number of aliphatic hydroxyl groups is 2. The number of benzene rings is 2. The van der Waals surface area contributed by atoms with Gasteiger partial charge >= 0.3 is 0 Å². The second-order valence-electron chi connectivity index (χ2n) is 9.22. The Labute approximate surface area is 197 Å². The number of aromatic nitrogens is 1. The molecule has 0 radical (unpaired) electrons. The highest BCUT2D eigenvalue weighted by molar-refractivity contribution is 5.59. The molecule has 7 nitrogen and oxygen atoms in total. The van der Waals surface area contributed by atoms with Gasteiger partial charge in [0.2, 0.25) is 11.8 Å². The minimum atomic E-state index is -1.78. The Morgan fingerprint density at radius 3 is 2.32 bits per heavy atom. The predicted octanol–water partition coefficient (Wildman–Crippen LogP) is 3.24. The van der Waals surface area contributed by atoms with Crippen LogP contribution >= 0.6 is 0 Å². The summed E-state index contributed by atoms with van der Waals surface area (Å²) < 4.78 is 23.0. The van der Waals surface area contributed by atoms with Crippen LogP contribution in [0.1, 0.15) is 40.5 Å². The van der Waals surface area contributed by atoms with Gasteiger partial charge in [-0.25, -0.2) is 0 Å². The topological polar surface area (TPSA) is 90.3 Å². The maximum Gasteiger partial charge on any atom is 0.226 e. The van der Waals surface area contributed by atoms with Crippen LogP contribution in [0.5, 0.6) is 17.5 Å². The molecule has 2 N–H and O–H groups in total. The van der Waals surface area contributed by atoms with Crippen LogP contribution in [0.2, 0.25) is 0 Å². The van der Waals surface area contributed by atoms with Crippen molar-refractivity contribution >= 4 is 0 Å². The third-order valence-electron chi connectivity index (χ3n) is 7.63. The Bertz CT molecular complexity index is 1210. The summed E-state index contributed by atoms with van der Waals surface area (Å²) >= 11 is 0. The average molecular weight is 462 g/mol. The summed E-state index contributed by atoms with van der Waals surface area (Å²) in [6.07, 6.45) is -0.796. The fourth-order valence-electron chi connectivity index (χ4n) is 5.88. The standard InChI is InChI=1S/C27H27NO6/c1-31-23-13-21-24(25(28-23)32-2)26(30)22(29)12-20(17-6-4-3-5-7-17)27(26,34-21)19-10-8-16(9-11-19)18-14-33-15-18/h3-11,13,18,20,22,29-30H,12,14-15H2,1-2H3. The number of pyridine rings is 1. The molecule has 2 aromatic carbocycles. The molecule has 1 saturated carbocycles. The maximum absolute atomic E-state index is 12.4. The van der Waals surface area contributed by atoms with Crippen LogP contribution in [0.25, 0.3) is 0 Å². The molecule has 2 aliphatic heterocycles. The number of fused-ring (bicyclic) bond motifs is 3. The van der Waals surface area contributed by atoms with Gasteiger partial charge in [-0.05, 0) is 23.1 Å². The highest BCUT2D eigenvalue weighted by Gasteiger charge is 2.73. The molecule has 4 unspecified atom stereocenters. The number of methoxy groups -OCH3 is 2. The molecular formula is C27H27NO6. The molecule has 3 aliphatic rings. The van der Waals surface area contributed by atoms with Crippen molar-refractivity contribution in [1.29, 1.82) is 0 Å². The lowest BCUT2D eigenvalue weighted by Gasteiger charge is -2.41. The van der Waals surface area contributed by atoms with E-state index in [-0.39, 0.29) is 11.8 Å². The highest BCUT2D eigenvalue weighted by Crippen LogP contribution is 2.68. The van der Waals surface area contributed by atoms with Crippen molar-refractivity contribution in [3.63, 3.8) is 0 Å². The third-order valence-corrected chi connectivity index (χ3v) is 7.63. The molecule has 6 rings (SSSR count). The summed E-state index contributed by atoms with van der Waals surface area (Å²) in [6.45, 7) is 1.43. The van der Waals surface area contributed by atoms with E-state index in [1.807, 2.05) is 42.5 Å². The van der Waals surface area contributed by atoms with Gasteiger partial charge < -0.3 is 29.2 Å². The Kier molecular flexibility index (Phi) is 4.85. The highest BCUT2D eigenvalue weighted by atomic mass is 16.5. The fraction of sp³-hybridized carbons (Fsp3) is 0.370. The van der Waals surface area contributed by atoms with Crippen molar-refractivity contribution in [2.75, 3.05) is 27.4 Å². The number of ether oxygens (including phenoxy) is 4. The normalized spacial score (nSPS) is 29.6. The molecule has 0 bridgehead atoms. The Hall–Kier alpha value is -3.13. The lowest BCUT2D eigenvalue weighted by atomic mass is 9.71. The maximum atomic E-state index is 12.4. The van der Waals surface area contributed by atoms with Crippen LogP contribution in [0.4, 0.5) is 0 Å². The van der Waals surface area contributed by atoms with E-state index in [4.69, 9.17) is 18.9 Å². The van der Waals surface area contributed by atoms with Crippen LogP contribution in [-0.4, -0.2) is 48.7 Å². The first-order valence-electron chi connectivity index (χ1n) is 11.5. The second kappa shape index (κ2) is 7.70. The summed E-state index contributed by atoms with van der Waals surface area (Å²) in [7, 11) is 3.00. The number of rotatable bonds is 5. The Morgan fingerprint density at radius 1 is 0.971 bits per heavy atom. The summed E-state index contributed by atoms with van der Waals surface area (Å²) in [5, 5.41) is 23.9. The molecule has 1 saturated heterocycles. The zero-order chi connectivity index (χ0) is 23.5. The molecule has 176 valence electrons. The van der Waals surface area contributed by atoms with Gasteiger partial charge in [-0.3, -0.25) is 0 Å². The first kappa shape index (κ1) is 21.4. The zero-order valence-electron chi connectivity index (χ0n) is 19.1. The minimum Gasteiger partial charge on any atom is -0.481 e. The van der Waals surface area contributed by atoms with Gasteiger partial charge in [-0.15, -0.1) is 0 Å². The van der Waals surface area contributed by atoms with E-state index in [0.29, 0.717) is 42.7 Å². The zero-order valence-corrected chi connectivity index (χ0v) is 19.1. The molecule has 3 heterocycles. The van der Waals surface area contributed by atoms with E-state index < -0.39 is 17.3 Å². The number of hydrogen-bond donors (Lipinski definition) is 2. The van der Waals surface area contributed by atoms with Crippen molar-refractivity contribution in [2.45, 2.75) is 35.6 Å². The van der Waals surface area contributed by atoms with Crippen LogP contribution < -0.4 is 14.2 Å². The van der Waals surface area contributed by atoms with Gasteiger partial charge in [0.05, 0.1) is 39.1 Å². The average Bonchev–Trinajstić information content (AvgIpc) is 3.23. The van der Waals surface area contributed by atoms with E-state index in [0.717, 1.165) is 11.1 Å². The molecule has 1 aliphatic carbocycles. The molecular weight excluding hydrogens is 434 g/mol. The van der Waals surface area contributed by atoms with Crippen LogP contribution in [0, 0.1) is 0 Å².